The van der Waals surface area contributed by atoms with Gasteiger partial charge in [-0.2, -0.15) is 4.68 Å². The molecule has 0 saturated carbocycles. The Bertz CT molecular complexity index is 1660. The first-order valence-corrected chi connectivity index (χ1v) is 16.0. The first-order valence-electron chi connectivity index (χ1n) is 15.1. The highest BCUT2D eigenvalue weighted by atomic mass is 32.1. The van der Waals surface area contributed by atoms with E-state index in [1.54, 1.807) is 50.2 Å². The van der Waals surface area contributed by atoms with Gasteiger partial charge in [0.2, 0.25) is 0 Å². The number of amides is 2. The third-order valence-electron chi connectivity index (χ3n) is 7.66. The molecule has 5 rings (SSSR count). The van der Waals surface area contributed by atoms with Crippen molar-refractivity contribution in [3.8, 4) is 0 Å². The maximum Gasteiger partial charge on any atom is 0.436 e. The smallest absolute Gasteiger partial charge is 0.436 e. The molecule has 2 N–H and O–H groups in total. The van der Waals surface area contributed by atoms with Gasteiger partial charge in [-0.3, -0.25) is 14.5 Å². The minimum Gasteiger partial charge on any atom is -0.448 e. The maximum absolute atomic E-state index is 14.5. The van der Waals surface area contributed by atoms with E-state index in [9.17, 15) is 18.8 Å². The summed E-state index contributed by atoms with van der Waals surface area (Å²) in [4.78, 5) is 42.6. The van der Waals surface area contributed by atoms with Crippen molar-refractivity contribution in [1.82, 2.24) is 20.0 Å². The van der Waals surface area contributed by atoms with E-state index < -0.39 is 29.3 Å². The number of aromatic nitrogens is 2. The number of benzene rings is 2. The lowest BCUT2D eigenvalue weighted by Crippen LogP contribution is -2.41. The third kappa shape index (κ3) is 7.75. The van der Waals surface area contributed by atoms with E-state index in [0.717, 1.165) is 54.1 Å². The summed E-state index contributed by atoms with van der Waals surface area (Å²) >= 11 is 1.04. The van der Waals surface area contributed by atoms with Crippen molar-refractivity contribution in [2.75, 3.05) is 38.2 Å². The number of hydrogen-bond donors (Lipinski definition) is 2. The first-order chi connectivity index (χ1) is 21.7. The molecule has 0 aliphatic carbocycles. The van der Waals surface area contributed by atoms with Crippen LogP contribution in [0.4, 0.5) is 15.0 Å². The molecule has 2 aromatic heterocycles. The molecule has 4 aromatic rings. The first kappa shape index (κ1) is 32.3. The molecule has 10 nitrogen and oxygen atoms in total. The molecule has 45 heavy (non-hydrogen) atoms. The van der Waals surface area contributed by atoms with Gasteiger partial charge in [-0.25, -0.2) is 9.18 Å². The van der Waals surface area contributed by atoms with Crippen LogP contribution in [0.5, 0.6) is 0 Å². The van der Waals surface area contributed by atoms with E-state index in [1.165, 1.54) is 6.07 Å². The van der Waals surface area contributed by atoms with Gasteiger partial charge < -0.3 is 20.1 Å². The van der Waals surface area contributed by atoms with Crippen LogP contribution in [-0.4, -0.2) is 65.5 Å². The number of fused-ring (bicyclic) bond motifs is 1. The number of halogens is 1. The van der Waals surface area contributed by atoms with Gasteiger partial charge in [0.05, 0.1) is 35.6 Å². The molecule has 2 aromatic carbocycles. The Labute approximate surface area is 265 Å². The summed E-state index contributed by atoms with van der Waals surface area (Å²) < 4.78 is 26.5. The van der Waals surface area contributed by atoms with Crippen LogP contribution in [0.15, 0.2) is 54.6 Å². The zero-order chi connectivity index (χ0) is 32.0. The number of nitrogens with zero attached hydrogens (tertiary/aromatic N) is 3. The molecular formula is C33H38FN5O5S. The van der Waals surface area contributed by atoms with Crippen molar-refractivity contribution in [2.45, 2.75) is 52.1 Å². The Morgan fingerprint density at radius 1 is 1.04 bits per heavy atom. The second-order valence-corrected chi connectivity index (χ2v) is 12.5. The molecule has 0 spiro atoms. The monoisotopic (exact) mass is 635 g/mol. The molecule has 1 aliphatic rings. The topological polar surface area (TPSA) is 115 Å². The van der Waals surface area contributed by atoms with Crippen LogP contribution < -0.4 is 10.6 Å². The molecule has 1 saturated heterocycles. The van der Waals surface area contributed by atoms with Gasteiger partial charge in [0.1, 0.15) is 10.6 Å². The number of unbranched alkanes of at least 4 members (excludes halogenated alkanes) is 2. The van der Waals surface area contributed by atoms with E-state index in [1.807, 2.05) is 12.1 Å². The van der Waals surface area contributed by atoms with Crippen LogP contribution in [0.2, 0.25) is 0 Å². The number of hydrogen-bond acceptors (Lipinski definition) is 8. The number of ether oxygens (including phenoxy) is 2. The molecule has 1 aliphatic heterocycles. The third-order valence-corrected chi connectivity index (χ3v) is 8.77. The second-order valence-electron chi connectivity index (χ2n) is 11.5. The van der Waals surface area contributed by atoms with Crippen LogP contribution >= 0.6 is 11.3 Å². The van der Waals surface area contributed by atoms with Gasteiger partial charge in [0.25, 0.3) is 11.8 Å². The van der Waals surface area contributed by atoms with E-state index in [0.29, 0.717) is 41.0 Å². The van der Waals surface area contributed by atoms with E-state index in [-0.39, 0.29) is 17.3 Å². The molecule has 0 unspecified atom stereocenters. The van der Waals surface area contributed by atoms with Crippen molar-refractivity contribution >= 4 is 45.3 Å². The van der Waals surface area contributed by atoms with Crippen molar-refractivity contribution < 1.29 is 28.2 Å². The quantitative estimate of drug-likeness (QED) is 0.190. The Kier molecular flexibility index (Phi) is 10.3. The van der Waals surface area contributed by atoms with Crippen LogP contribution in [0.3, 0.4) is 0 Å². The molecular weight excluding hydrogens is 597 g/mol. The van der Waals surface area contributed by atoms with Gasteiger partial charge in [0.15, 0.2) is 5.82 Å². The number of thiophene rings is 1. The SMILES string of the molecule is CCCCCOC(=O)n1nc(NC(=O)c2ccc(CN3CCOCC3)cc2)c2cc(C(=O)NC(C)(C)c3ccccc3F)sc21. The fourth-order valence-corrected chi connectivity index (χ4v) is 6.14. The Morgan fingerprint density at radius 2 is 1.78 bits per heavy atom. The summed E-state index contributed by atoms with van der Waals surface area (Å²) in [5.74, 6) is -1.17. The van der Waals surface area contributed by atoms with Gasteiger partial charge in [-0.05, 0) is 50.1 Å². The fourth-order valence-electron chi connectivity index (χ4n) is 5.15. The second kappa shape index (κ2) is 14.3. The molecule has 2 amide bonds. The van der Waals surface area contributed by atoms with E-state index >= 15 is 0 Å². The van der Waals surface area contributed by atoms with Crippen molar-refractivity contribution in [2.24, 2.45) is 0 Å². The predicted molar refractivity (Wildman–Crippen MR) is 171 cm³/mol. The predicted octanol–water partition coefficient (Wildman–Crippen LogP) is 6.16. The lowest BCUT2D eigenvalue weighted by molar-refractivity contribution is 0.0342. The summed E-state index contributed by atoms with van der Waals surface area (Å²) in [6.45, 7) is 9.62. The summed E-state index contributed by atoms with van der Waals surface area (Å²) in [7, 11) is 0. The van der Waals surface area contributed by atoms with Gasteiger partial charge in [0, 0.05) is 30.8 Å². The zero-order valence-corrected chi connectivity index (χ0v) is 26.5. The lowest BCUT2D eigenvalue weighted by atomic mass is 9.93. The maximum atomic E-state index is 14.5. The molecule has 0 atom stereocenters. The lowest BCUT2D eigenvalue weighted by Gasteiger charge is -2.27. The highest BCUT2D eigenvalue weighted by Crippen LogP contribution is 2.33. The molecule has 238 valence electrons. The minimum absolute atomic E-state index is 0.126. The molecule has 0 bridgehead atoms. The summed E-state index contributed by atoms with van der Waals surface area (Å²) in [5, 5.41) is 10.5. The zero-order valence-electron chi connectivity index (χ0n) is 25.7. The van der Waals surface area contributed by atoms with Crippen molar-refractivity contribution in [3.63, 3.8) is 0 Å². The number of morpholine rings is 1. The van der Waals surface area contributed by atoms with E-state index in [4.69, 9.17) is 9.47 Å². The van der Waals surface area contributed by atoms with Gasteiger partial charge in [-0.1, -0.05) is 50.1 Å². The van der Waals surface area contributed by atoms with Gasteiger partial charge in [-0.15, -0.1) is 16.4 Å². The van der Waals surface area contributed by atoms with Crippen LogP contribution in [0, 0.1) is 5.82 Å². The Morgan fingerprint density at radius 3 is 2.49 bits per heavy atom. The fraction of sp³-hybridized carbons (Fsp3) is 0.394. The minimum atomic E-state index is -1.02. The molecule has 12 heteroatoms. The van der Waals surface area contributed by atoms with Crippen molar-refractivity contribution in [3.05, 3.63) is 82.0 Å². The summed E-state index contributed by atoms with van der Waals surface area (Å²) in [6.07, 6.45) is 1.89. The highest BCUT2D eigenvalue weighted by Gasteiger charge is 2.29. The van der Waals surface area contributed by atoms with Crippen molar-refractivity contribution in [1.29, 1.82) is 0 Å². The molecule has 1 fully saturated rings. The Balaban J connectivity index is 1.37. The summed E-state index contributed by atoms with van der Waals surface area (Å²) in [6, 6.07) is 15.2. The summed E-state index contributed by atoms with van der Waals surface area (Å²) in [5.41, 5.74) is 0.821. The van der Waals surface area contributed by atoms with Crippen LogP contribution in [0.25, 0.3) is 10.2 Å². The number of carbonyl (C=O) groups is 3. The average Bonchev–Trinajstić information content (AvgIpc) is 3.61. The van der Waals surface area contributed by atoms with Crippen LogP contribution in [-0.2, 0) is 21.6 Å². The highest BCUT2D eigenvalue weighted by molar-refractivity contribution is 7.20. The normalized spacial score (nSPS) is 14.0. The number of anilines is 1. The Hall–Kier alpha value is -4.13. The number of rotatable bonds is 11. The number of nitrogens with one attached hydrogen (secondary N) is 2. The molecule has 3 heterocycles. The molecule has 0 radical (unpaired) electrons. The number of carbonyl (C=O) groups excluding carboxylic acids is 3. The standard InChI is InChI=1S/C33H38FN5O5S/c1-4-5-8-17-44-32(42)39-31-24(20-27(45-31)30(41)36-33(2,3)25-9-6-7-10-26(25)34)28(37-39)35-29(40)23-13-11-22(12-14-23)21-38-15-18-43-19-16-38/h6-7,9-14,20H,4-5,8,15-19,21H2,1-3H3,(H,36,41)(H,35,37,40). The van der Waals surface area contributed by atoms with Crippen LogP contribution in [0.1, 0.15) is 71.2 Å². The average molecular weight is 636 g/mol. The van der Waals surface area contributed by atoms with Gasteiger partial charge >= 0.3 is 6.09 Å². The largest absolute Gasteiger partial charge is 0.448 e. The van der Waals surface area contributed by atoms with E-state index in [2.05, 4.69) is 27.6 Å².